The molecule has 1 aromatic heterocycles. The quantitative estimate of drug-likeness (QED) is 0.815. The monoisotopic (exact) mass is 248 g/mol. The fourth-order valence-electron chi connectivity index (χ4n) is 0.973. The SMILES string of the molecule is C=C(F)c1nc(C(=O)OC)c(Cl)c(N)c1F. The number of carbonyl (C=O) groups excluding carboxylic acids is 1. The molecule has 1 aromatic rings. The van der Waals surface area contributed by atoms with E-state index in [0.29, 0.717) is 0 Å². The molecule has 0 saturated carbocycles. The summed E-state index contributed by atoms with van der Waals surface area (Å²) in [5, 5.41) is -0.422. The number of nitrogens with zero attached hydrogens (tertiary/aromatic N) is 1. The number of pyridine rings is 1. The molecule has 0 aromatic carbocycles. The number of esters is 1. The molecule has 0 aliphatic rings. The smallest absolute Gasteiger partial charge is 0.358 e. The van der Waals surface area contributed by atoms with Crippen molar-refractivity contribution in [2.24, 2.45) is 0 Å². The average molecular weight is 249 g/mol. The number of hydrogen-bond acceptors (Lipinski definition) is 4. The van der Waals surface area contributed by atoms with Gasteiger partial charge in [0, 0.05) is 0 Å². The van der Waals surface area contributed by atoms with E-state index in [1.807, 2.05) is 0 Å². The van der Waals surface area contributed by atoms with Gasteiger partial charge >= 0.3 is 5.97 Å². The first kappa shape index (κ1) is 12.4. The first-order valence-electron chi connectivity index (χ1n) is 3.97. The normalized spacial score (nSPS) is 10.0. The zero-order chi connectivity index (χ0) is 12.5. The molecular formula is C9H7ClF2N2O2. The molecule has 0 aliphatic heterocycles. The summed E-state index contributed by atoms with van der Waals surface area (Å²) in [6.07, 6.45) is 0. The zero-order valence-electron chi connectivity index (χ0n) is 8.18. The van der Waals surface area contributed by atoms with E-state index in [0.717, 1.165) is 7.11 Å². The van der Waals surface area contributed by atoms with Crippen molar-refractivity contribution in [3.05, 3.63) is 28.8 Å². The highest BCUT2D eigenvalue weighted by Crippen LogP contribution is 2.30. The molecule has 0 unspecified atom stereocenters. The van der Waals surface area contributed by atoms with Gasteiger partial charge in [-0.3, -0.25) is 0 Å². The Hall–Kier alpha value is -1.69. The third-order valence-electron chi connectivity index (χ3n) is 1.75. The first-order chi connectivity index (χ1) is 7.40. The third-order valence-corrected chi connectivity index (χ3v) is 2.13. The van der Waals surface area contributed by atoms with E-state index < -0.39 is 39.7 Å². The minimum atomic E-state index is -1.16. The van der Waals surface area contributed by atoms with Gasteiger partial charge in [0.15, 0.2) is 11.5 Å². The molecule has 0 amide bonds. The number of nitrogens with two attached hydrogens (primary N) is 1. The lowest BCUT2D eigenvalue weighted by Crippen LogP contribution is -2.11. The van der Waals surface area contributed by atoms with Crippen LogP contribution in [0.15, 0.2) is 6.58 Å². The van der Waals surface area contributed by atoms with Gasteiger partial charge in [-0.05, 0) is 0 Å². The van der Waals surface area contributed by atoms with E-state index >= 15 is 0 Å². The summed E-state index contributed by atoms with van der Waals surface area (Å²) in [6, 6.07) is 0. The van der Waals surface area contributed by atoms with Crippen LogP contribution < -0.4 is 5.73 Å². The van der Waals surface area contributed by atoms with Crippen molar-refractivity contribution >= 4 is 29.1 Å². The van der Waals surface area contributed by atoms with E-state index in [-0.39, 0.29) is 0 Å². The summed E-state index contributed by atoms with van der Waals surface area (Å²) in [5.74, 6) is -3.27. The van der Waals surface area contributed by atoms with E-state index in [1.54, 1.807) is 0 Å². The molecule has 0 radical (unpaired) electrons. The van der Waals surface area contributed by atoms with Crippen molar-refractivity contribution in [3.63, 3.8) is 0 Å². The van der Waals surface area contributed by atoms with Crippen molar-refractivity contribution in [1.29, 1.82) is 0 Å². The standard InChI is InChI=1S/C9H7ClF2N2O2/c1-3(11)7-5(12)6(13)4(10)8(14-7)9(15)16-2/h1H2,2H3,(H2,13,14). The van der Waals surface area contributed by atoms with Crippen molar-refractivity contribution in [3.8, 4) is 0 Å². The predicted octanol–water partition coefficient (Wildman–Crippen LogP) is 2.18. The van der Waals surface area contributed by atoms with E-state index in [2.05, 4.69) is 16.3 Å². The number of hydrogen-bond donors (Lipinski definition) is 1. The van der Waals surface area contributed by atoms with Gasteiger partial charge in [-0.1, -0.05) is 18.2 Å². The molecule has 0 spiro atoms. The Morgan fingerprint density at radius 2 is 2.12 bits per heavy atom. The van der Waals surface area contributed by atoms with Crippen LogP contribution in [0.4, 0.5) is 14.5 Å². The second kappa shape index (κ2) is 4.44. The van der Waals surface area contributed by atoms with Crippen LogP contribution in [-0.2, 0) is 4.74 Å². The second-order valence-electron chi connectivity index (χ2n) is 2.75. The first-order valence-corrected chi connectivity index (χ1v) is 4.35. The fraction of sp³-hybridized carbons (Fsp3) is 0.111. The lowest BCUT2D eigenvalue weighted by Gasteiger charge is -2.08. The number of nitrogen functional groups attached to an aromatic ring is 1. The van der Waals surface area contributed by atoms with Crippen molar-refractivity contribution in [2.75, 3.05) is 12.8 Å². The van der Waals surface area contributed by atoms with Crippen LogP contribution >= 0.6 is 11.6 Å². The van der Waals surface area contributed by atoms with Crippen molar-refractivity contribution < 1.29 is 18.3 Å². The van der Waals surface area contributed by atoms with Gasteiger partial charge in [-0.25, -0.2) is 18.6 Å². The van der Waals surface area contributed by atoms with Crippen LogP contribution in [0.25, 0.3) is 5.83 Å². The average Bonchev–Trinajstić information content (AvgIpc) is 2.25. The summed E-state index contributed by atoms with van der Waals surface area (Å²) in [4.78, 5) is 14.5. The largest absolute Gasteiger partial charge is 0.464 e. The fourth-order valence-corrected chi connectivity index (χ4v) is 1.18. The molecule has 1 heterocycles. The number of carbonyl (C=O) groups is 1. The van der Waals surface area contributed by atoms with Crippen LogP contribution in [0, 0.1) is 5.82 Å². The minimum Gasteiger partial charge on any atom is -0.464 e. The topological polar surface area (TPSA) is 65.2 Å². The van der Waals surface area contributed by atoms with Gasteiger partial charge in [-0.15, -0.1) is 0 Å². The number of rotatable bonds is 2. The Labute approximate surface area is 94.7 Å². The molecule has 16 heavy (non-hydrogen) atoms. The van der Waals surface area contributed by atoms with Crippen LogP contribution in [0.2, 0.25) is 5.02 Å². The maximum atomic E-state index is 13.3. The Balaban J connectivity index is 3.53. The second-order valence-corrected chi connectivity index (χ2v) is 3.13. The molecule has 0 atom stereocenters. The number of methoxy groups -OCH3 is 1. The molecule has 0 fully saturated rings. The Kier molecular flexibility index (Phi) is 3.44. The Bertz CT molecular complexity index is 477. The summed E-state index contributed by atoms with van der Waals surface area (Å²) < 4.78 is 30.5. The van der Waals surface area contributed by atoms with Crippen molar-refractivity contribution in [1.82, 2.24) is 4.98 Å². The lowest BCUT2D eigenvalue weighted by atomic mass is 10.2. The third kappa shape index (κ3) is 1.96. The van der Waals surface area contributed by atoms with Gasteiger partial charge in [0.1, 0.15) is 11.5 Å². The zero-order valence-corrected chi connectivity index (χ0v) is 8.94. The Morgan fingerprint density at radius 1 is 1.56 bits per heavy atom. The van der Waals surface area contributed by atoms with Gasteiger partial charge in [-0.2, -0.15) is 0 Å². The van der Waals surface area contributed by atoms with Crippen LogP contribution in [0.5, 0.6) is 0 Å². The van der Waals surface area contributed by atoms with Crippen molar-refractivity contribution in [2.45, 2.75) is 0 Å². The molecule has 0 aliphatic carbocycles. The summed E-state index contributed by atoms with van der Waals surface area (Å²) in [7, 11) is 1.07. The van der Waals surface area contributed by atoms with E-state index in [1.165, 1.54) is 0 Å². The van der Waals surface area contributed by atoms with Crippen LogP contribution in [-0.4, -0.2) is 18.1 Å². The van der Waals surface area contributed by atoms with Gasteiger partial charge in [0.25, 0.3) is 0 Å². The number of halogens is 3. The maximum absolute atomic E-state index is 13.3. The van der Waals surface area contributed by atoms with E-state index in [9.17, 15) is 13.6 Å². The molecule has 0 saturated heterocycles. The van der Waals surface area contributed by atoms with Gasteiger partial charge in [0.2, 0.25) is 0 Å². The molecule has 0 bridgehead atoms. The Morgan fingerprint density at radius 3 is 2.56 bits per heavy atom. The number of aromatic nitrogens is 1. The minimum absolute atomic E-state index is 0.422. The van der Waals surface area contributed by atoms with E-state index in [4.69, 9.17) is 17.3 Å². The summed E-state index contributed by atoms with van der Waals surface area (Å²) in [6.45, 7) is 2.86. The van der Waals surface area contributed by atoms with Gasteiger partial charge in [0.05, 0.1) is 17.8 Å². The molecule has 7 heteroatoms. The summed E-state index contributed by atoms with van der Waals surface area (Å²) in [5.41, 5.74) is 3.45. The molecule has 2 N–H and O–H groups in total. The summed E-state index contributed by atoms with van der Waals surface area (Å²) >= 11 is 5.57. The van der Waals surface area contributed by atoms with Crippen LogP contribution in [0.1, 0.15) is 16.2 Å². The number of anilines is 1. The lowest BCUT2D eigenvalue weighted by molar-refractivity contribution is 0.0594. The number of ether oxygens (including phenoxy) is 1. The highest BCUT2D eigenvalue weighted by molar-refractivity contribution is 6.35. The van der Waals surface area contributed by atoms with Gasteiger partial charge < -0.3 is 10.5 Å². The molecule has 4 nitrogen and oxygen atoms in total. The molecular weight excluding hydrogens is 242 g/mol. The van der Waals surface area contributed by atoms with Crippen LogP contribution in [0.3, 0.4) is 0 Å². The highest BCUT2D eigenvalue weighted by Gasteiger charge is 2.23. The molecule has 1 rings (SSSR count). The predicted molar refractivity (Wildman–Crippen MR) is 55.1 cm³/mol. The maximum Gasteiger partial charge on any atom is 0.358 e. The molecule has 86 valence electrons. The highest BCUT2D eigenvalue weighted by atomic mass is 35.5.